The van der Waals surface area contributed by atoms with Gasteiger partial charge in [0, 0.05) is 37.8 Å². The third-order valence-corrected chi connectivity index (χ3v) is 3.35. The molecular formula is C13H22ClN5O3. The molecule has 1 aromatic rings. The van der Waals surface area contributed by atoms with Crippen molar-refractivity contribution in [2.75, 3.05) is 38.2 Å². The van der Waals surface area contributed by atoms with E-state index in [1.807, 2.05) is 0 Å². The van der Waals surface area contributed by atoms with Crippen LogP contribution in [0.25, 0.3) is 0 Å². The van der Waals surface area contributed by atoms with Crippen molar-refractivity contribution in [2.24, 2.45) is 11.7 Å². The van der Waals surface area contributed by atoms with Crippen LogP contribution in [0.4, 0.5) is 5.82 Å². The highest BCUT2D eigenvalue weighted by Crippen LogP contribution is 2.06. The molecular weight excluding hydrogens is 310 g/mol. The van der Waals surface area contributed by atoms with Gasteiger partial charge in [0.25, 0.3) is 0 Å². The van der Waals surface area contributed by atoms with E-state index in [2.05, 4.69) is 10.4 Å². The predicted octanol–water partition coefficient (Wildman–Crippen LogP) is -0.303. The number of carbonyl (C=O) groups excluding carboxylic acids is 2. The Morgan fingerprint density at radius 1 is 1.45 bits per heavy atom. The van der Waals surface area contributed by atoms with Gasteiger partial charge in [-0.25, -0.2) is 0 Å². The number of hydrogen-bond acceptors (Lipinski definition) is 5. The standard InChI is InChI=1S/C13H21N5O3.ClH/c1-10(8-14)13(20)15-11-2-3-18(16-11)9-12(19)17-4-6-21-7-5-17;/h2-3,10H,4-9,14H2,1H3,(H,15,16,20);1H. The third kappa shape index (κ3) is 4.97. The normalized spacial score (nSPS) is 15.8. The van der Waals surface area contributed by atoms with Crippen molar-refractivity contribution in [1.82, 2.24) is 14.7 Å². The van der Waals surface area contributed by atoms with E-state index in [1.165, 1.54) is 4.68 Å². The summed E-state index contributed by atoms with van der Waals surface area (Å²) in [5.41, 5.74) is 5.43. The van der Waals surface area contributed by atoms with Crippen LogP contribution in [-0.2, 0) is 20.9 Å². The van der Waals surface area contributed by atoms with E-state index in [-0.39, 0.29) is 43.2 Å². The number of ether oxygens (including phenoxy) is 1. The zero-order chi connectivity index (χ0) is 15.2. The van der Waals surface area contributed by atoms with Crippen LogP contribution in [0, 0.1) is 5.92 Å². The predicted molar refractivity (Wildman–Crippen MR) is 83.7 cm³/mol. The molecule has 0 saturated carbocycles. The van der Waals surface area contributed by atoms with Crippen LogP contribution in [0.5, 0.6) is 0 Å². The summed E-state index contributed by atoms with van der Waals surface area (Å²) in [7, 11) is 0. The van der Waals surface area contributed by atoms with E-state index in [0.29, 0.717) is 32.1 Å². The molecule has 8 nitrogen and oxygen atoms in total. The molecule has 2 heterocycles. The lowest BCUT2D eigenvalue weighted by atomic mass is 10.2. The molecule has 1 aliphatic rings. The SMILES string of the molecule is CC(CN)C(=O)Nc1ccn(CC(=O)N2CCOCC2)n1.Cl. The lowest BCUT2D eigenvalue weighted by Crippen LogP contribution is -2.42. The highest BCUT2D eigenvalue weighted by Gasteiger charge is 2.18. The summed E-state index contributed by atoms with van der Waals surface area (Å²) >= 11 is 0. The molecule has 2 rings (SSSR count). The molecule has 0 radical (unpaired) electrons. The van der Waals surface area contributed by atoms with Crippen LogP contribution in [-0.4, -0.2) is 59.3 Å². The first kappa shape index (κ1) is 18.4. The number of nitrogens with two attached hydrogens (primary N) is 1. The van der Waals surface area contributed by atoms with Gasteiger partial charge in [-0.15, -0.1) is 12.4 Å². The number of morpholine rings is 1. The highest BCUT2D eigenvalue weighted by atomic mass is 35.5. The van der Waals surface area contributed by atoms with E-state index in [4.69, 9.17) is 10.5 Å². The summed E-state index contributed by atoms with van der Waals surface area (Å²) < 4.78 is 6.72. The van der Waals surface area contributed by atoms with E-state index in [1.54, 1.807) is 24.1 Å². The van der Waals surface area contributed by atoms with Crippen LogP contribution in [0.15, 0.2) is 12.3 Å². The number of halogens is 1. The molecule has 1 aromatic heterocycles. The Labute approximate surface area is 135 Å². The molecule has 1 unspecified atom stereocenters. The Kier molecular flexibility index (Phi) is 7.30. The third-order valence-electron chi connectivity index (χ3n) is 3.35. The van der Waals surface area contributed by atoms with Crippen molar-refractivity contribution >= 4 is 30.0 Å². The van der Waals surface area contributed by atoms with Gasteiger partial charge in [-0.2, -0.15) is 5.10 Å². The second kappa shape index (κ2) is 8.72. The van der Waals surface area contributed by atoms with Gasteiger partial charge in [0.15, 0.2) is 5.82 Å². The van der Waals surface area contributed by atoms with Crippen molar-refractivity contribution in [3.05, 3.63) is 12.3 Å². The Hall–Kier alpha value is -1.64. The smallest absolute Gasteiger partial charge is 0.244 e. The van der Waals surface area contributed by atoms with E-state index < -0.39 is 0 Å². The first-order chi connectivity index (χ1) is 10.1. The number of nitrogens with one attached hydrogen (secondary N) is 1. The van der Waals surface area contributed by atoms with Gasteiger partial charge in [0.05, 0.1) is 13.2 Å². The molecule has 0 aliphatic carbocycles. The lowest BCUT2D eigenvalue weighted by molar-refractivity contribution is -0.136. The zero-order valence-corrected chi connectivity index (χ0v) is 13.3. The molecule has 1 aliphatic heterocycles. The van der Waals surface area contributed by atoms with Crippen molar-refractivity contribution in [3.8, 4) is 0 Å². The Morgan fingerprint density at radius 3 is 2.77 bits per heavy atom. The number of nitrogens with zero attached hydrogens (tertiary/aromatic N) is 3. The van der Waals surface area contributed by atoms with Gasteiger partial charge in [0.2, 0.25) is 11.8 Å². The summed E-state index contributed by atoms with van der Waals surface area (Å²) in [5.74, 6) is -0.0305. The first-order valence-electron chi connectivity index (χ1n) is 7.00. The average Bonchev–Trinajstić information content (AvgIpc) is 2.94. The number of rotatable bonds is 5. The lowest BCUT2D eigenvalue weighted by Gasteiger charge is -2.26. The average molecular weight is 332 g/mol. The second-order valence-corrected chi connectivity index (χ2v) is 5.02. The molecule has 22 heavy (non-hydrogen) atoms. The summed E-state index contributed by atoms with van der Waals surface area (Å²) in [6.45, 7) is 4.54. The summed E-state index contributed by atoms with van der Waals surface area (Å²) in [5, 5.41) is 6.84. The van der Waals surface area contributed by atoms with E-state index in [9.17, 15) is 9.59 Å². The molecule has 1 atom stereocenters. The quantitative estimate of drug-likeness (QED) is 0.771. The molecule has 0 spiro atoms. The number of amides is 2. The van der Waals surface area contributed by atoms with Gasteiger partial charge >= 0.3 is 0 Å². The Bertz CT molecular complexity index is 502. The second-order valence-electron chi connectivity index (χ2n) is 5.02. The van der Waals surface area contributed by atoms with Crippen molar-refractivity contribution in [3.63, 3.8) is 0 Å². The topological polar surface area (TPSA) is 102 Å². The van der Waals surface area contributed by atoms with Crippen LogP contribution >= 0.6 is 12.4 Å². The Balaban J connectivity index is 0.00000242. The summed E-state index contributed by atoms with van der Waals surface area (Å²) in [4.78, 5) is 25.5. The van der Waals surface area contributed by atoms with Gasteiger partial charge < -0.3 is 20.7 Å². The van der Waals surface area contributed by atoms with Crippen molar-refractivity contribution < 1.29 is 14.3 Å². The molecule has 1 saturated heterocycles. The number of carbonyl (C=O) groups is 2. The molecule has 0 bridgehead atoms. The van der Waals surface area contributed by atoms with Crippen LogP contribution < -0.4 is 11.1 Å². The molecule has 3 N–H and O–H groups in total. The number of anilines is 1. The monoisotopic (exact) mass is 331 g/mol. The number of aromatic nitrogens is 2. The van der Waals surface area contributed by atoms with E-state index >= 15 is 0 Å². The van der Waals surface area contributed by atoms with Crippen LogP contribution in [0.1, 0.15) is 6.92 Å². The fourth-order valence-corrected chi connectivity index (χ4v) is 1.92. The largest absolute Gasteiger partial charge is 0.378 e. The molecule has 2 amide bonds. The maximum atomic E-state index is 12.1. The van der Waals surface area contributed by atoms with Gasteiger partial charge in [-0.3, -0.25) is 14.3 Å². The van der Waals surface area contributed by atoms with Gasteiger partial charge in [-0.05, 0) is 0 Å². The first-order valence-corrected chi connectivity index (χ1v) is 7.00. The number of hydrogen-bond donors (Lipinski definition) is 2. The van der Waals surface area contributed by atoms with Crippen molar-refractivity contribution in [1.29, 1.82) is 0 Å². The van der Waals surface area contributed by atoms with Gasteiger partial charge in [0.1, 0.15) is 6.54 Å². The maximum absolute atomic E-state index is 12.1. The van der Waals surface area contributed by atoms with Crippen LogP contribution in [0.3, 0.4) is 0 Å². The molecule has 0 aromatic carbocycles. The minimum Gasteiger partial charge on any atom is -0.378 e. The molecule has 1 fully saturated rings. The van der Waals surface area contributed by atoms with Crippen LogP contribution in [0.2, 0.25) is 0 Å². The Morgan fingerprint density at radius 2 is 2.14 bits per heavy atom. The van der Waals surface area contributed by atoms with E-state index in [0.717, 1.165) is 0 Å². The fourth-order valence-electron chi connectivity index (χ4n) is 1.92. The molecule has 9 heteroatoms. The highest BCUT2D eigenvalue weighted by molar-refractivity contribution is 5.91. The summed E-state index contributed by atoms with van der Waals surface area (Å²) in [6.07, 6.45) is 1.67. The zero-order valence-electron chi connectivity index (χ0n) is 12.5. The minimum atomic E-state index is -0.273. The summed E-state index contributed by atoms with van der Waals surface area (Å²) in [6, 6.07) is 1.66. The van der Waals surface area contributed by atoms with Crippen molar-refractivity contribution in [2.45, 2.75) is 13.5 Å². The molecule has 124 valence electrons. The minimum absolute atomic E-state index is 0. The van der Waals surface area contributed by atoms with Gasteiger partial charge in [-0.1, -0.05) is 6.92 Å². The maximum Gasteiger partial charge on any atom is 0.244 e. The fraction of sp³-hybridized carbons (Fsp3) is 0.615.